The molecule has 0 fully saturated rings. The van der Waals surface area contributed by atoms with Gasteiger partial charge in [-0.1, -0.05) is 18.2 Å². The lowest BCUT2D eigenvalue weighted by atomic mass is 10.1. The molecule has 0 aliphatic heterocycles. The molecule has 1 atom stereocenters. The van der Waals surface area contributed by atoms with Gasteiger partial charge in [0.15, 0.2) is 0 Å². The second-order valence-corrected chi connectivity index (χ2v) is 5.83. The fourth-order valence-electron chi connectivity index (χ4n) is 2.67. The molecule has 0 saturated carbocycles. The van der Waals surface area contributed by atoms with Gasteiger partial charge < -0.3 is 5.32 Å². The number of aryl methyl sites for hydroxylation is 2. The van der Waals surface area contributed by atoms with Crippen LogP contribution in [0.15, 0.2) is 55.1 Å². The molecule has 0 aliphatic carbocycles. The van der Waals surface area contributed by atoms with E-state index < -0.39 is 0 Å². The molecule has 0 bridgehead atoms. The summed E-state index contributed by atoms with van der Waals surface area (Å²) >= 11 is 0. The molecule has 2 aromatic heterocycles. The summed E-state index contributed by atoms with van der Waals surface area (Å²) in [6.45, 7) is 4.54. The van der Waals surface area contributed by atoms with Gasteiger partial charge in [0.05, 0.1) is 17.9 Å². The zero-order valence-electron chi connectivity index (χ0n) is 13.9. The van der Waals surface area contributed by atoms with E-state index in [1.807, 2.05) is 61.3 Å². The number of nitrogens with one attached hydrogen (secondary N) is 1. The zero-order chi connectivity index (χ0) is 16.9. The molecule has 1 N–H and O–H groups in total. The van der Waals surface area contributed by atoms with E-state index in [1.54, 1.807) is 17.1 Å². The fraction of sp³-hybridized carbons (Fsp3) is 0.278. The summed E-state index contributed by atoms with van der Waals surface area (Å²) in [4.78, 5) is 12.2. The maximum atomic E-state index is 12.2. The van der Waals surface area contributed by atoms with Gasteiger partial charge in [-0.05, 0) is 37.1 Å². The molecule has 1 amide bonds. The van der Waals surface area contributed by atoms with Crippen LogP contribution in [-0.4, -0.2) is 25.5 Å². The molecule has 6 heteroatoms. The largest absolute Gasteiger partial charge is 0.349 e. The molecule has 1 unspecified atom stereocenters. The number of amides is 1. The third-order valence-electron chi connectivity index (χ3n) is 3.86. The van der Waals surface area contributed by atoms with Crippen molar-refractivity contribution in [2.45, 2.75) is 32.9 Å². The Morgan fingerprint density at radius 1 is 1.25 bits per heavy atom. The summed E-state index contributed by atoms with van der Waals surface area (Å²) in [6.07, 6.45) is 7.76. The molecule has 0 aliphatic rings. The Labute approximate surface area is 141 Å². The number of hydrogen-bond acceptors (Lipinski definition) is 3. The molecule has 1 aromatic carbocycles. The Hall–Kier alpha value is -2.89. The monoisotopic (exact) mass is 323 g/mol. The van der Waals surface area contributed by atoms with Crippen LogP contribution in [0.25, 0.3) is 5.69 Å². The van der Waals surface area contributed by atoms with Crippen molar-refractivity contribution in [3.8, 4) is 5.69 Å². The van der Waals surface area contributed by atoms with Gasteiger partial charge in [0.25, 0.3) is 0 Å². The van der Waals surface area contributed by atoms with Crippen LogP contribution in [0.4, 0.5) is 0 Å². The van der Waals surface area contributed by atoms with Gasteiger partial charge in [-0.3, -0.25) is 9.48 Å². The number of para-hydroxylation sites is 1. The summed E-state index contributed by atoms with van der Waals surface area (Å²) in [7, 11) is 0. The van der Waals surface area contributed by atoms with Gasteiger partial charge in [0, 0.05) is 31.6 Å². The Morgan fingerprint density at radius 3 is 2.79 bits per heavy atom. The molecule has 124 valence electrons. The number of rotatable bonds is 6. The highest BCUT2D eigenvalue weighted by Crippen LogP contribution is 2.21. The average molecular weight is 323 g/mol. The third-order valence-corrected chi connectivity index (χ3v) is 3.86. The van der Waals surface area contributed by atoms with Crippen LogP contribution in [0.1, 0.15) is 30.5 Å². The maximum absolute atomic E-state index is 12.2. The number of hydrogen-bond donors (Lipinski definition) is 1. The van der Waals surface area contributed by atoms with Crippen molar-refractivity contribution in [3.63, 3.8) is 0 Å². The van der Waals surface area contributed by atoms with Crippen molar-refractivity contribution in [2.24, 2.45) is 0 Å². The second kappa shape index (κ2) is 7.12. The Kier molecular flexibility index (Phi) is 4.74. The first kappa shape index (κ1) is 16.0. The van der Waals surface area contributed by atoms with Crippen molar-refractivity contribution < 1.29 is 4.79 Å². The van der Waals surface area contributed by atoms with E-state index in [0.29, 0.717) is 13.0 Å². The lowest BCUT2D eigenvalue weighted by Gasteiger charge is -2.18. The highest BCUT2D eigenvalue weighted by molar-refractivity contribution is 5.76. The van der Waals surface area contributed by atoms with E-state index in [2.05, 4.69) is 15.5 Å². The first-order valence-corrected chi connectivity index (χ1v) is 8.01. The quantitative estimate of drug-likeness (QED) is 0.758. The average Bonchev–Trinajstić information content (AvgIpc) is 3.24. The topological polar surface area (TPSA) is 64.7 Å². The van der Waals surface area contributed by atoms with E-state index in [4.69, 9.17) is 0 Å². The Bertz CT molecular complexity index is 806. The van der Waals surface area contributed by atoms with Gasteiger partial charge in [-0.2, -0.15) is 10.2 Å². The normalized spacial score (nSPS) is 12.1. The minimum Gasteiger partial charge on any atom is -0.349 e. The molecule has 6 nitrogen and oxygen atoms in total. The van der Waals surface area contributed by atoms with Crippen molar-refractivity contribution in [1.29, 1.82) is 0 Å². The first-order valence-electron chi connectivity index (χ1n) is 8.01. The zero-order valence-corrected chi connectivity index (χ0v) is 13.9. The standard InChI is InChI=1S/C18H21N5O/c1-14-12-20-22(13-14)11-8-18(24)21-15(2)16-6-3-4-7-17(16)23-10-5-9-19-23/h3-7,9-10,12-13,15H,8,11H2,1-2H3,(H,21,24). The molecule has 0 saturated heterocycles. The summed E-state index contributed by atoms with van der Waals surface area (Å²) in [5, 5.41) is 11.5. The fourth-order valence-corrected chi connectivity index (χ4v) is 2.67. The maximum Gasteiger partial charge on any atom is 0.222 e. The van der Waals surface area contributed by atoms with Gasteiger partial charge in [-0.25, -0.2) is 4.68 Å². The molecule has 0 radical (unpaired) electrons. The molecular formula is C18H21N5O. The molecule has 0 spiro atoms. The highest BCUT2D eigenvalue weighted by Gasteiger charge is 2.14. The van der Waals surface area contributed by atoms with Crippen molar-refractivity contribution >= 4 is 5.91 Å². The van der Waals surface area contributed by atoms with E-state index >= 15 is 0 Å². The first-order chi connectivity index (χ1) is 11.6. The Balaban J connectivity index is 1.64. The Morgan fingerprint density at radius 2 is 2.08 bits per heavy atom. The number of carbonyl (C=O) groups excluding carboxylic acids is 1. The van der Waals surface area contributed by atoms with Crippen LogP contribution in [0.3, 0.4) is 0 Å². The highest BCUT2D eigenvalue weighted by atomic mass is 16.1. The predicted molar refractivity (Wildman–Crippen MR) is 91.7 cm³/mol. The van der Waals surface area contributed by atoms with Gasteiger partial charge in [0.2, 0.25) is 5.91 Å². The lowest BCUT2D eigenvalue weighted by molar-refractivity contribution is -0.122. The summed E-state index contributed by atoms with van der Waals surface area (Å²) in [5.74, 6) is 0.00548. The molecule has 2 heterocycles. The van der Waals surface area contributed by atoms with Crippen molar-refractivity contribution in [1.82, 2.24) is 24.9 Å². The second-order valence-electron chi connectivity index (χ2n) is 5.83. The molecular weight excluding hydrogens is 302 g/mol. The van der Waals surface area contributed by atoms with Gasteiger partial charge in [0.1, 0.15) is 0 Å². The molecule has 24 heavy (non-hydrogen) atoms. The minimum absolute atomic E-state index is 0.00548. The van der Waals surface area contributed by atoms with Gasteiger partial charge in [-0.15, -0.1) is 0 Å². The van der Waals surface area contributed by atoms with Crippen molar-refractivity contribution in [3.05, 3.63) is 66.2 Å². The molecule has 3 aromatic rings. The van der Waals surface area contributed by atoms with Crippen LogP contribution in [-0.2, 0) is 11.3 Å². The van der Waals surface area contributed by atoms with E-state index in [-0.39, 0.29) is 11.9 Å². The van der Waals surface area contributed by atoms with E-state index in [0.717, 1.165) is 16.8 Å². The molecule has 3 rings (SSSR count). The summed E-state index contributed by atoms with van der Waals surface area (Å²) in [6, 6.07) is 9.73. The van der Waals surface area contributed by atoms with E-state index in [1.165, 1.54) is 0 Å². The minimum atomic E-state index is -0.0998. The number of aromatic nitrogens is 4. The third kappa shape index (κ3) is 3.71. The lowest BCUT2D eigenvalue weighted by Crippen LogP contribution is -2.28. The van der Waals surface area contributed by atoms with E-state index in [9.17, 15) is 4.79 Å². The van der Waals surface area contributed by atoms with Crippen LogP contribution in [0.2, 0.25) is 0 Å². The SMILES string of the molecule is Cc1cnn(CCC(=O)NC(C)c2ccccc2-n2cccn2)c1. The predicted octanol–water partition coefficient (Wildman–Crippen LogP) is 2.64. The number of nitrogens with zero attached hydrogens (tertiary/aromatic N) is 4. The summed E-state index contributed by atoms with van der Waals surface area (Å²) < 4.78 is 3.60. The number of carbonyl (C=O) groups is 1. The summed E-state index contributed by atoms with van der Waals surface area (Å²) in [5.41, 5.74) is 3.10. The smallest absolute Gasteiger partial charge is 0.222 e. The van der Waals surface area contributed by atoms with Crippen molar-refractivity contribution in [2.75, 3.05) is 0 Å². The van der Waals surface area contributed by atoms with Crippen LogP contribution >= 0.6 is 0 Å². The van der Waals surface area contributed by atoms with Crippen LogP contribution < -0.4 is 5.32 Å². The number of benzene rings is 1. The van der Waals surface area contributed by atoms with Crippen LogP contribution in [0.5, 0.6) is 0 Å². The van der Waals surface area contributed by atoms with Crippen LogP contribution in [0, 0.1) is 6.92 Å². The van der Waals surface area contributed by atoms with Gasteiger partial charge >= 0.3 is 0 Å².